The van der Waals surface area contributed by atoms with E-state index in [1.54, 1.807) is 69.2 Å². The summed E-state index contributed by atoms with van der Waals surface area (Å²) in [7, 11) is 0. The van der Waals surface area contributed by atoms with Crippen molar-refractivity contribution in [2.45, 2.75) is 136 Å². The lowest BCUT2D eigenvalue weighted by Gasteiger charge is -2.38. The summed E-state index contributed by atoms with van der Waals surface area (Å²) < 4.78 is 56.1. The van der Waals surface area contributed by atoms with Crippen LogP contribution in [0.15, 0.2) is 0 Å². The van der Waals surface area contributed by atoms with E-state index in [-0.39, 0.29) is 79.3 Å². The van der Waals surface area contributed by atoms with Gasteiger partial charge in [-0.15, -0.1) is 0 Å². The Bertz CT molecular complexity index is 1970. The number of amides is 3. The summed E-state index contributed by atoms with van der Waals surface area (Å²) in [4.78, 5) is 110. The van der Waals surface area contributed by atoms with Crippen molar-refractivity contribution in [2.75, 3.05) is 139 Å². The highest BCUT2D eigenvalue weighted by molar-refractivity contribution is 9.11. The molecular weight excluding hydrogens is 1520 g/mol. The van der Waals surface area contributed by atoms with Crippen molar-refractivity contribution < 1.29 is 101 Å². The van der Waals surface area contributed by atoms with Crippen LogP contribution in [0.3, 0.4) is 0 Å². The van der Waals surface area contributed by atoms with Crippen molar-refractivity contribution in [2.24, 2.45) is 21.7 Å². The van der Waals surface area contributed by atoms with Crippen molar-refractivity contribution in [1.82, 2.24) is 16.0 Å². The van der Waals surface area contributed by atoms with E-state index in [0.717, 1.165) is 0 Å². The molecule has 0 aliphatic rings. The van der Waals surface area contributed by atoms with Crippen LogP contribution in [0.2, 0.25) is 0 Å². The molecule has 0 aromatic heterocycles. The molecular formula is C55H93Br6N3O21. The summed E-state index contributed by atoms with van der Waals surface area (Å²) in [5.74, 6) is -5.89. The Kier molecular flexibility index (Phi) is 36.9. The van der Waals surface area contributed by atoms with Gasteiger partial charge in [-0.25, -0.2) is 0 Å². The number of alkyl halides is 6. The van der Waals surface area contributed by atoms with Crippen molar-refractivity contribution in [3.63, 3.8) is 0 Å². The van der Waals surface area contributed by atoms with E-state index in [1.807, 2.05) is 13.8 Å². The lowest BCUT2D eigenvalue weighted by molar-refractivity contribution is -0.161. The molecule has 0 bridgehead atoms. The Morgan fingerprint density at radius 1 is 0.353 bits per heavy atom. The predicted molar refractivity (Wildman–Crippen MR) is 337 cm³/mol. The molecule has 0 spiro atoms. The van der Waals surface area contributed by atoms with Gasteiger partial charge in [0.05, 0.1) is 85.9 Å². The van der Waals surface area contributed by atoms with Crippen LogP contribution in [0.1, 0.15) is 104 Å². The highest BCUT2D eigenvalue weighted by atomic mass is 79.9. The number of hydrogen-bond acceptors (Lipinski definition) is 21. The fourth-order valence-electron chi connectivity index (χ4n) is 6.14. The second-order valence-electron chi connectivity index (χ2n) is 24.5. The molecule has 24 nitrogen and oxygen atoms in total. The number of hydrogen-bond donors (Lipinski definition) is 5. The van der Waals surface area contributed by atoms with Crippen LogP contribution in [-0.2, 0) is 90.5 Å². The molecule has 2 atom stereocenters. The van der Waals surface area contributed by atoms with E-state index < -0.39 is 161 Å². The van der Waals surface area contributed by atoms with Gasteiger partial charge >= 0.3 is 29.8 Å². The second kappa shape index (κ2) is 37.6. The number of ether oxygens (including phenoxy) is 11. The quantitative estimate of drug-likeness (QED) is 0.0216. The number of aliphatic hydroxyl groups excluding tert-OH is 2. The molecule has 3 amide bonds. The molecule has 0 aromatic carbocycles. The van der Waals surface area contributed by atoms with Gasteiger partial charge in [0, 0.05) is 29.4 Å². The number of halogens is 6. The minimum atomic E-state index is -1.77. The first kappa shape index (κ1) is 83.3. The van der Waals surface area contributed by atoms with Gasteiger partial charge in [0.25, 0.3) is 0 Å². The average Bonchev–Trinajstić information content (AvgIpc) is 2.97. The smallest absolute Gasteiger partial charge is 0.322 e. The van der Waals surface area contributed by atoms with E-state index in [4.69, 9.17) is 57.2 Å². The Hall–Kier alpha value is -1.68. The zero-order valence-electron chi connectivity index (χ0n) is 51.8. The van der Waals surface area contributed by atoms with Gasteiger partial charge in [0.15, 0.2) is 0 Å². The van der Waals surface area contributed by atoms with Crippen LogP contribution in [0, 0.1) is 21.7 Å². The number of nitrogens with one attached hydrogen (secondary N) is 3. The molecule has 0 fully saturated rings. The summed E-state index contributed by atoms with van der Waals surface area (Å²) in [6.45, 7) is 19.8. The first-order valence-corrected chi connectivity index (χ1v) is 32.0. The van der Waals surface area contributed by atoms with Crippen LogP contribution in [-0.4, -0.2) is 228 Å². The third-order valence-electron chi connectivity index (χ3n) is 11.8. The van der Waals surface area contributed by atoms with Crippen molar-refractivity contribution in [1.29, 1.82) is 0 Å². The van der Waals surface area contributed by atoms with E-state index in [9.17, 15) is 43.5 Å². The van der Waals surface area contributed by atoms with Crippen molar-refractivity contribution in [3.8, 4) is 0 Å². The maximum Gasteiger partial charge on any atom is 0.322 e. The number of carbonyl (C=O) groups excluding carboxylic acids is 8. The van der Waals surface area contributed by atoms with E-state index >= 15 is 0 Å². The monoisotopic (exact) mass is 1610 g/mol. The lowest BCUT2D eigenvalue weighted by Crippen LogP contribution is -2.59. The first-order valence-electron chi connectivity index (χ1n) is 27.3. The Labute approximate surface area is 551 Å². The minimum absolute atomic E-state index is 0.0119. The van der Waals surface area contributed by atoms with Crippen LogP contribution in [0.4, 0.5) is 0 Å². The molecule has 0 saturated heterocycles. The van der Waals surface area contributed by atoms with Crippen molar-refractivity contribution >= 4 is 143 Å². The highest BCUT2D eigenvalue weighted by Gasteiger charge is 2.46. The normalized spacial score (nSPS) is 14.1. The zero-order chi connectivity index (χ0) is 65.9. The SMILES string of the molecule is CC(C)(Br)COCC(C)(COC(=O)C(C)(C)Br)C(=O)NCC(CNC(=O)C(C)(COC(=O)C(C)(C)Br)COC(=O)C(C)(C)Br)(CNC(=O)C(C)(COC(=O)C(C)(C)Br)COC(=O)C(C)(C)Br)COCCOCCOCCOCCOCC(O)CO. The summed E-state index contributed by atoms with van der Waals surface area (Å²) >= 11 is 19.9. The van der Waals surface area contributed by atoms with Gasteiger partial charge in [-0.3, -0.25) is 38.4 Å². The number of aliphatic hydroxyl groups is 2. The molecule has 0 aromatic rings. The summed E-state index contributed by atoms with van der Waals surface area (Å²) in [5.41, 5.74) is -6.68. The maximum absolute atomic E-state index is 14.8. The Morgan fingerprint density at radius 2 is 0.600 bits per heavy atom. The van der Waals surface area contributed by atoms with Crippen LogP contribution < -0.4 is 16.0 Å². The van der Waals surface area contributed by atoms with Gasteiger partial charge < -0.3 is 78.3 Å². The molecule has 5 N–H and O–H groups in total. The number of carbonyl (C=O) groups is 8. The molecule has 30 heteroatoms. The van der Waals surface area contributed by atoms with Gasteiger partial charge in [-0.05, 0) is 104 Å². The van der Waals surface area contributed by atoms with Gasteiger partial charge in [-0.1, -0.05) is 95.6 Å². The minimum Gasteiger partial charge on any atom is -0.463 e. The molecule has 0 saturated carbocycles. The lowest BCUT2D eigenvalue weighted by atomic mass is 9.84. The van der Waals surface area contributed by atoms with Crippen molar-refractivity contribution in [3.05, 3.63) is 0 Å². The van der Waals surface area contributed by atoms with E-state index in [2.05, 4.69) is 112 Å². The van der Waals surface area contributed by atoms with Gasteiger partial charge in [0.1, 0.15) is 77.0 Å². The van der Waals surface area contributed by atoms with Crippen LogP contribution in [0.5, 0.6) is 0 Å². The average molecular weight is 1610 g/mol. The Balaban J connectivity index is 7.63. The summed E-state index contributed by atoms with van der Waals surface area (Å²) in [5, 5.41) is 27.0. The third kappa shape index (κ3) is 34.9. The van der Waals surface area contributed by atoms with E-state index in [1.165, 1.54) is 20.8 Å². The summed E-state index contributed by atoms with van der Waals surface area (Å²) in [6.07, 6.45) is -0.970. The molecule has 0 radical (unpaired) electrons. The first-order chi connectivity index (χ1) is 38.7. The molecule has 0 heterocycles. The van der Waals surface area contributed by atoms with Gasteiger partial charge in [-0.2, -0.15) is 0 Å². The topological polar surface area (TPSA) is 315 Å². The van der Waals surface area contributed by atoms with E-state index in [0.29, 0.717) is 0 Å². The number of esters is 5. The fourth-order valence-corrected chi connectivity index (χ4v) is 6.88. The third-order valence-corrected chi connectivity index (χ3v) is 13.7. The Morgan fingerprint density at radius 3 is 0.847 bits per heavy atom. The summed E-state index contributed by atoms with van der Waals surface area (Å²) in [6, 6.07) is 0. The highest BCUT2D eigenvalue weighted by Crippen LogP contribution is 2.30. The van der Waals surface area contributed by atoms with Crippen LogP contribution in [0.25, 0.3) is 0 Å². The maximum atomic E-state index is 14.8. The van der Waals surface area contributed by atoms with Gasteiger partial charge in [0.2, 0.25) is 17.7 Å². The molecule has 85 heavy (non-hydrogen) atoms. The standard InChI is InChI=1S/C55H93Br6N3O21/c1-46(2,56)29-80-30-52(13,31-81-41(70)47(3,4)57)38(67)62-26-55(36-79-23-21-77-19-17-75-16-18-76-20-22-78-25-37(66)24-65,27-63-39(68)53(14,32-82-42(71)48(5,6)58)33-83-43(72)49(7,8)59)28-64-40(69)54(15,34-84-44(73)50(9,10)60)35-85-45(74)51(11,12)61/h37,65-66H,16-36H2,1-15H3,(H,62,67)(H,63,68)(H,64,69). The largest absolute Gasteiger partial charge is 0.463 e. The van der Waals surface area contributed by atoms with Crippen LogP contribution >= 0.6 is 95.6 Å². The molecule has 2 unspecified atom stereocenters. The molecule has 0 rings (SSSR count). The molecule has 496 valence electrons. The molecule has 0 aliphatic carbocycles. The zero-order valence-corrected chi connectivity index (χ0v) is 61.4. The fraction of sp³-hybridized carbons (Fsp3) is 0.855. The molecule has 0 aliphatic heterocycles. The second-order valence-corrected chi connectivity index (χ2v) is 36.5. The predicted octanol–water partition coefficient (Wildman–Crippen LogP) is 5.55. The number of rotatable bonds is 45.